The molecular weight excluding hydrogens is 356 g/mol. The van der Waals surface area contributed by atoms with Crippen molar-refractivity contribution in [2.75, 3.05) is 0 Å². The maximum Gasteiger partial charge on any atom is 0.343 e. The van der Waals surface area contributed by atoms with Gasteiger partial charge in [0.25, 0.3) is 0 Å². The first-order valence-corrected chi connectivity index (χ1v) is 10.1. The van der Waals surface area contributed by atoms with Gasteiger partial charge in [0.1, 0.15) is 5.75 Å². The Labute approximate surface area is 174 Å². The van der Waals surface area contributed by atoms with Gasteiger partial charge in [-0.2, -0.15) is 0 Å². The van der Waals surface area contributed by atoms with Crippen molar-refractivity contribution in [1.82, 2.24) is 0 Å². The van der Waals surface area contributed by atoms with Gasteiger partial charge >= 0.3 is 5.97 Å². The minimum Gasteiger partial charge on any atom is -0.423 e. The summed E-state index contributed by atoms with van der Waals surface area (Å²) in [6.07, 6.45) is 0. The quantitative estimate of drug-likeness (QED) is 0.352. The molecule has 0 radical (unpaired) electrons. The number of esters is 1. The van der Waals surface area contributed by atoms with E-state index in [1.54, 1.807) is 0 Å². The highest BCUT2D eigenvalue weighted by molar-refractivity contribution is 5.91. The molecule has 2 nitrogen and oxygen atoms in total. The summed E-state index contributed by atoms with van der Waals surface area (Å²) in [5.74, 6) is 0.224. The highest BCUT2D eigenvalue weighted by Gasteiger charge is 2.23. The van der Waals surface area contributed by atoms with E-state index in [2.05, 4.69) is 59.7 Å². The molecule has 3 aromatic rings. The summed E-state index contributed by atoms with van der Waals surface area (Å²) in [4.78, 5) is 12.9. The molecule has 0 amide bonds. The SMILES string of the molecule is CC(C)(C)c1cc(C(=O)Oc2ccc(-c3ccccc3)cc2)cc(C(C)(C)C)c1. The molecule has 0 unspecified atom stereocenters. The van der Waals surface area contributed by atoms with E-state index in [9.17, 15) is 4.79 Å². The minimum absolute atomic E-state index is 0.0480. The zero-order valence-corrected chi connectivity index (χ0v) is 18.2. The van der Waals surface area contributed by atoms with E-state index < -0.39 is 0 Å². The molecular formula is C27H30O2. The van der Waals surface area contributed by atoms with Crippen LogP contribution < -0.4 is 4.74 Å². The standard InChI is InChI=1S/C27H30O2/c1-26(2,3)22-16-21(17-23(18-22)27(4,5)6)25(28)29-24-14-12-20(13-15-24)19-10-8-7-9-11-19/h7-18H,1-6H3. The second-order valence-corrected chi connectivity index (χ2v) is 9.58. The lowest BCUT2D eigenvalue weighted by Gasteiger charge is -2.25. The topological polar surface area (TPSA) is 26.3 Å². The molecule has 3 rings (SSSR count). The Morgan fingerprint density at radius 1 is 0.655 bits per heavy atom. The molecule has 0 fully saturated rings. The van der Waals surface area contributed by atoms with E-state index >= 15 is 0 Å². The average Bonchev–Trinajstić information content (AvgIpc) is 2.67. The Kier molecular flexibility index (Phi) is 5.66. The maximum atomic E-state index is 12.9. The van der Waals surface area contributed by atoms with E-state index in [0.717, 1.165) is 22.3 Å². The van der Waals surface area contributed by atoms with Gasteiger partial charge in [0.05, 0.1) is 5.56 Å². The molecule has 0 aromatic heterocycles. The largest absolute Gasteiger partial charge is 0.423 e. The van der Waals surface area contributed by atoms with Gasteiger partial charge in [-0.05, 0) is 57.3 Å². The van der Waals surface area contributed by atoms with Gasteiger partial charge in [-0.25, -0.2) is 4.79 Å². The van der Waals surface area contributed by atoms with Crippen LogP contribution in [-0.2, 0) is 10.8 Å². The molecule has 0 aliphatic carbocycles. The van der Waals surface area contributed by atoms with Crippen LogP contribution in [-0.4, -0.2) is 5.97 Å². The number of hydrogen-bond donors (Lipinski definition) is 0. The zero-order chi connectivity index (χ0) is 21.2. The maximum absolute atomic E-state index is 12.9. The highest BCUT2D eigenvalue weighted by Crippen LogP contribution is 2.31. The van der Waals surface area contributed by atoms with Crippen LogP contribution in [0.1, 0.15) is 63.0 Å². The van der Waals surface area contributed by atoms with Gasteiger partial charge < -0.3 is 4.74 Å². The predicted molar refractivity (Wildman–Crippen MR) is 121 cm³/mol. The van der Waals surface area contributed by atoms with Crippen molar-refractivity contribution < 1.29 is 9.53 Å². The van der Waals surface area contributed by atoms with Gasteiger partial charge in [-0.1, -0.05) is 90.1 Å². The number of rotatable bonds is 3. The second-order valence-electron chi connectivity index (χ2n) is 9.58. The van der Waals surface area contributed by atoms with Crippen molar-refractivity contribution >= 4 is 5.97 Å². The first-order valence-electron chi connectivity index (χ1n) is 10.1. The zero-order valence-electron chi connectivity index (χ0n) is 18.2. The molecule has 2 heteroatoms. The number of carbonyl (C=O) groups is 1. The van der Waals surface area contributed by atoms with E-state index in [-0.39, 0.29) is 16.8 Å². The Morgan fingerprint density at radius 2 is 1.14 bits per heavy atom. The van der Waals surface area contributed by atoms with Crippen LogP contribution in [0.3, 0.4) is 0 Å². The van der Waals surface area contributed by atoms with Gasteiger partial charge in [0, 0.05) is 0 Å². The van der Waals surface area contributed by atoms with Crippen LogP contribution in [0.2, 0.25) is 0 Å². The smallest absolute Gasteiger partial charge is 0.343 e. The molecule has 0 N–H and O–H groups in total. The summed E-state index contributed by atoms with van der Waals surface area (Å²) in [5.41, 5.74) is 5.00. The normalized spacial score (nSPS) is 11.9. The van der Waals surface area contributed by atoms with Crippen LogP contribution in [0.5, 0.6) is 5.75 Å². The Hall–Kier alpha value is -2.87. The van der Waals surface area contributed by atoms with Crippen LogP contribution in [0.15, 0.2) is 72.8 Å². The van der Waals surface area contributed by atoms with Crippen molar-refractivity contribution in [3.63, 3.8) is 0 Å². The van der Waals surface area contributed by atoms with Gasteiger partial charge in [-0.3, -0.25) is 0 Å². The number of benzene rings is 3. The second kappa shape index (κ2) is 7.87. The molecule has 0 bridgehead atoms. The number of carbonyl (C=O) groups excluding carboxylic acids is 1. The van der Waals surface area contributed by atoms with Gasteiger partial charge in [0.15, 0.2) is 0 Å². The van der Waals surface area contributed by atoms with Crippen molar-refractivity contribution in [3.8, 4) is 16.9 Å². The van der Waals surface area contributed by atoms with Crippen LogP contribution in [0, 0.1) is 0 Å². The first-order chi connectivity index (χ1) is 13.5. The summed E-state index contributed by atoms with van der Waals surface area (Å²) in [5, 5.41) is 0. The molecule has 150 valence electrons. The fourth-order valence-corrected chi connectivity index (χ4v) is 3.12. The first kappa shape index (κ1) is 20.9. The van der Waals surface area contributed by atoms with Crippen molar-refractivity contribution in [1.29, 1.82) is 0 Å². The highest BCUT2D eigenvalue weighted by atomic mass is 16.5. The van der Waals surface area contributed by atoms with Crippen LogP contribution in [0.25, 0.3) is 11.1 Å². The van der Waals surface area contributed by atoms with E-state index in [4.69, 9.17) is 4.74 Å². The predicted octanol–water partition coefficient (Wildman–Crippen LogP) is 7.17. The van der Waals surface area contributed by atoms with Gasteiger partial charge in [0.2, 0.25) is 0 Å². The minimum atomic E-state index is -0.325. The molecule has 0 spiro atoms. The summed E-state index contributed by atoms with van der Waals surface area (Å²) >= 11 is 0. The molecule has 0 saturated heterocycles. The van der Waals surface area contributed by atoms with Crippen molar-refractivity contribution in [2.24, 2.45) is 0 Å². The third kappa shape index (κ3) is 5.14. The Balaban J connectivity index is 1.87. The molecule has 0 atom stereocenters. The summed E-state index contributed by atoms with van der Waals surface area (Å²) in [6.45, 7) is 13.0. The van der Waals surface area contributed by atoms with Gasteiger partial charge in [-0.15, -0.1) is 0 Å². The third-order valence-corrected chi connectivity index (χ3v) is 5.07. The Morgan fingerprint density at radius 3 is 1.62 bits per heavy atom. The number of hydrogen-bond acceptors (Lipinski definition) is 2. The lowest BCUT2D eigenvalue weighted by atomic mass is 9.79. The molecule has 0 saturated carbocycles. The third-order valence-electron chi connectivity index (χ3n) is 5.07. The van der Waals surface area contributed by atoms with Crippen molar-refractivity contribution in [3.05, 3.63) is 89.5 Å². The summed E-state index contributed by atoms with van der Waals surface area (Å²) in [6, 6.07) is 23.9. The van der Waals surface area contributed by atoms with E-state index in [1.165, 1.54) is 0 Å². The monoisotopic (exact) mass is 386 g/mol. The molecule has 29 heavy (non-hydrogen) atoms. The Bertz CT molecular complexity index is 953. The molecule has 0 aliphatic heterocycles. The van der Waals surface area contributed by atoms with Crippen LogP contribution in [0.4, 0.5) is 0 Å². The molecule has 0 heterocycles. The summed E-state index contributed by atoms with van der Waals surface area (Å²) in [7, 11) is 0. The molecule has 3 aromatic carbocycles. The average molecular weight is 387 g/mol. The lowest BCUT2D eigenvalue weighted by Crippen LogP contribution is -2.19. The lowest BCUT2D eigenvalue weighted by molar-refractivity contribution is 0.0734. The van der Waals surface area contributed by atoms with E-state index in [1.807, 2.05) is 54.6 Å². The van der Waals surface area contributed by atoms with E-state index in [0.29, 0.717) is 11.3 Å². The van der Waals surface area contributed by atoms with Crippen LogP contribution >= 0.6 is 0 Å². The summed E-state index contributed by atoms with van der Waals surface area (Å²) < 4.78 is 5.69. The fraction of sp³-hybridized carbons (Fsp3) is 0.296. The molecule has 0 aliphatic rings. The van der Waals surface area contributed by atoms with Crippen molar-refractivity contribution in [2.45, 2.75) is 52.4 Å². The fourth-order valence-electron chi connectivity index (χ4n) is 3.12. The number of ether oxygens (including phenoxy) is 1.